The average molecular weight is 286 g/mol. The largest absolute Gasteiger partial charge is 0.461 e. The monoisotopic (exact) mass is 286 g/mol. The van der Waals surface area contributed by atoms with E-state index in [0.29, 0.717) is 0 Å². The number of hydrogen-bond acceptors (Lipinski definition) is 1. The first kappa shape index (κ1) is 13.1. The molecule has 0 saturated heterocycles. The zero-order chi connectivity index (χ0) is 14.9. The van der Waals surface area contributed by atoms with Crippen LogP contribution >= 0.6 is 0 Å². The first-order valence-electron chi connectivity index (χ1n) is 7.82. The van der Waals surface area contributed by atoms with Gasteiger partial charge in [-0.2, -0.15) is 0 Å². The number of hydrogen-bond donors (Lipinski definition) is 0. The first-order valence-corrected chi connectivity index (χ1v) is 7.82. The van der Waals surface area contributed by atoms with Crippen molar-refractivity contribution in [2.24, 2.45) is 0 Å². The quantitative estimate of drug-likeness (QED) is 0.610. The molecule has 0 atom stereocenters. The van der Waals surface area contributed by atoms with Gasteiger partial charge in [-0.3, -0.25) is 0 Å². The summed E-state index contributed by atoms with van der Waals surface area (Å²) in [5.74, 6) is 2.06. The van der Waals surface area contributed by atoms with Gasteiger partial charge in [0.25, 0.3) is 0 Å². The normalized spacial score (nSPS) is 13.0. The molecule has 0 aliphatic heterocycles. The highest BCUT2D eigenvalue weighted by molar-refractivity contribution is 5.92. The van der Waals surface area contributed by atoms with Gasteiger partial charge in [-0.1, -0.05) is 55.5 Å². The van der Waals surface area contributed by atoms with Gasteiger partial charge in [-0.25, -0.2) is 0 Å². The van der Waals surface area contributed by atoms with E-state index in [1.807, 2.05) is 0 Å². The third-order valence-corrected chi connectivity index (χ3v) is 4.31. The lowest BCUT2D eigenvalue weighted by Crippen LogP contribution is -1.87. The lowest BCUT2D eigenvalue weighted by Gasteiger charge is -2.07. The molecule has 2 aromatic carbocycles. The van der Waals surface area contributed by atoms with Crippen LogP contribution in [0.2, 0.25) is 0 Å². The molecular weight excluding hydrogens is 268 g/mol. The fraction of sp³-hybridized carbons (Fsp3) is 0.143. The van der Waals surface area contributed by atoms with Crippen LogP contribution in [0.4, 0.5) is 0 Å². The van der Waals surface area contributed by atoms with Crippen molar-refractivity contribution in [3.8, 4) is 11.1 Å². The molecule has 108 valence electrons. The standard InChI is InChI=1S/C21H18O/c1-2-18-11-12-21(22-18)17-13-16-9-6-10-19(20(16)14-17)15-7-4-3-5-8-15/h3-12,14H,2,13H2,1H3. The van der Waals surface area contributed by atoms with Gasteiger partial charge in [0.1, 0.15) is 11.5 Å². The van der Waals surface area contributed by atoms with Crippen LogP contribution in [-0.4, -0.2) is 0 Å². The summed E-state index contributed by atoms with van der Waals surface area (Å²) in [6.07, 6.45) is 4.18. The summed E-state index contributed by atoms with van der Waals surface area (Å²) in [7, 11) is 0. The van der Waals surface area contributed by atoms with Crippen molar-refractivity contribution in [1.82, 2.24) is 0 Å². The van der Waals surface area contributed by atoms with Crippen LogP contribution in [0.3, 0.4) is 0 Å². The van der Waals surface area contributed by atoms with Crippen molar-refractivity contribution in [2.45, 2.75) is 19.8 Å². The number of fused-ring (bicyclic) bond motifs is 1. The summed E-state index contributed by atoms with van der Waals surface area (Å²) in [6.45, 7) is 2.12. The highest BCUT2D eigenvalue weighted by Gasteiger charge is 2.19. The maximum absolute atomic E-state index is 5.93. The first-order chi connectivity index (χ1) is 10.8. The predicted octanol–water partition coefficient (Wildman–Crippen LogP) is 5.61. The molecule has 0 unspecified atom stereocenters. The summed E-state index contributed by atoms with van der Waals surface area (Å²) in [5, 5.41) is 0. The van der Waals surface area contributed by atoms with Gasteiger partial charge in [-0.05, 0) is 46.0 Å². The molecule has 1 aliphatic rings. The van der Waals surface area contributed by atoms with Crippen LogP contribution in [0.25, 0.3) is 22.8 Å². The Morgan fingerprint density at radius 2 is 1.77 bits per heavy atom. The second-order valence-electron chi connectivity index (χ2n) is 5.71. The second kappa shape index (κ2) is 5.34. The smallest absolute Gasteiger partial charge is 0.130 e. The zero-order valence-corrected chi connectivity index (χ0v) is 12.7. The molecule has 3 aromatic rings. The molecule has 4 rings (SSSR count). The Kier molecular flexibility index (Phi) is 3.19. The highest BCUT2D eigenvalue weighted by atomic mass is 16.3. The highest BCUT2D eigenvalue weighted by Crippen LogP contribution is 2.37. The summed E-state index contributed by atoms with van der Waals surface area (Å²) >= 11 is 0. The fourth-order valence-corrected chi connectivity index (χ4v) is 3.14. The SMILES string of the molecule is CCc1ccc(C2=Cc3c(cccc3-c3ccccc3)C2)o1. The van der Waals surface area contributed by atoms with E-state index in [-0.39, 0.29) is 0 Å². The Balaban J connectivity index is 1.78. The van der Waals surface area contributed by atoms with Crippen molar-refractivity contribution in [3.63, 3.8) is 0 Å². The Morgan fingerprint density at radius 3 is 2.55 bits per heavy atom. The summed E-state index contributed by atoms with van der Waals surface area (Å²) in [5.41, 5.74) is 6.56. The van der Waals surface area contributed by atoms with Crippen LogP contribution in [0.1, 0.15) is 29.6 Å². The number of furan rings is 1. The molecule has 1 aliphatic carbocycles. The summed E-state index contributed by atoms with van der Waals surface area (Å²) in [6, 6.07) is 21.3. The third-order valence-electron chi connectivity index (χ3n) is 4.31. The lowest BCUT2D eigenvalue weighted by atomic mass is 9.97. The predicted molar refractivity (Wildman–Crippen MR) is 91.5 cm³/mol. The van der Waals surface area contributed by atoms with E-state index in [2.05, 4.69) is 73.7 Å². The van der Waals surface area contributed by atoms with Crippen molar-refractivity contribution in [2.75, 3.05) is 0 Å². The van der Waals surface area contributed by atoms with Crippen molar-refractivity contribution in [1.29, 1.82) is 0 Å². The molecule has 0 spiro atoms. The molecule has 0 N–H and O–H groups in total. The van der Waals surface area contributed by atoms with Crippen LogP contribution in [-0.2, 0) is 12.8 Å². The molecule has 0 amide bonds. The van der Waals surface area contributed by atoms with Crippen molar-refractivity contribution < 1.29 is 4.42 Å². The van der Waals surface area contributed by atoms with Gasteiger partial charge >= 0.3 is 0 Å². The minimum Gasteiger partial charge on any atom is -0.461 e. The Morgan fingerprint density at radius 1 is 0.909 bits per heavy atom. The Labute approximate surface area is 130 Å². The van der Waals surface area contributed by atoms with E-state index in [9.17, 15) is 0 Å². The minimum absolute atomic E-state index is 0.940. The number of benzene rings is 2. The van der Waals surface area contributed by atoms with Gasteiger partial charge in [0.2, 0.25) is 0 Å². The zero-order valence-electron chi connectivity index (χ0n) is 12.7. The maximum Gasteiger partial charge on any atom is 0.130 e. The molecule has 1 heteroatoms. The maximum atomic E-state index is 5.93. The minimum atomic E-state index is 0.940. The van der Waals surface area contributed by atoms with E-state index in [4.69, 9.17) is 4.42 Å². The molecule has 1 heterocycles. The number of rotatable bonds is 3. The van der Waals surface area contributed by atoms with Crippen LogP contribution in [0.5, 0.6) is 0 Å². The van der Waals surface area contributed by atoms with Crippen LogP contribution < -0.4 is 0 Å². The fourth-order valence-electron chi connectivity index (χ4n) is 3.14. The van der Waals surface area contributed by atoms with Gasteiger partial charge in [0.05, 0.1) is 0 Å². The molecule has 0 fully saturated rings. The van der Waals surface area contributed by atoms with Crippen LogP contribution in [0.15, 0.2) is 65.1 Å². The Hall–Kier alpha value is -2.54. The van der Waals surface area contributed by atoms with Gasteiger partial charge in [0.15, 0.2) is 0 Å². The van der Waals surface area contributed by atoms with E-state index in [0.717, 1.165) is 24.4 Å². The lowest BCUT2D eigenvalue weighted by molar-refractivity contribution is 0.503. The number of aryl methyl sites for hydroxylation is 1. The molecule has 1 nitrogen and oxygen atoms in total. The number of allylic oxidation sites excluding steroid dienone is 1. The molecule has 1 aromatic heterocycles. The second-order valence-corrected chi connectivity index (χ2v) is 5.71. The van der Waals surface area contributed by atoms with Gasteiger partial charge < -0.3 is 4.42 Å². The molecule has 0 radical (unpaired) electrons. The molecule has 0 saturated carbocycles. The molecule has 22 heavy (non-hydrogen) atoms. The summed E-state index contributed by atoms with van der Waals surface area (Å²) in [4.78, 5) is 0. The topological polar surface area (TPSA) is 13.1 Å². The van der Waals surface area contributed by atoms with Gasteiger partial charge in [0, 0.05) is 12.8 Å². The molecular formula is C21H18O. The van der Waals surface area contributed by atoms with E-state index in [1.165, 1.54) is 27.8 Å². The van der Waals surface area contributed by atoms with Crippen molar-refractivity contribution in [3.05, 3.63) is 83.3 Å². The van der Waals surface area contributed by atoms with E-state index >= 15 is 0 Å². The van der Waals surface area contributed by atoms with Crippen molar-refractivity contribution >= 4 is 11.6 Å². The molecule has 0 bridgehead atoms. The van der Waals surface area contributed by atoms with Crippen LogP contribution in [0, 0.1) is 0 Å². The van der Waals surface area contributed by atoms with E-state index < -0.39 is 0 Å². The Bertz CT molecular complexity index is 837. The average Bonchev–Trinajstić information content (AvgIpc) is 3.21. The third kappa shape index (κ3) is 2.19. The summed E-state index contributed by atoms with van der Waals surface area (Å²) < 4.78 is 5.93. The van der Waals surface area contributed by atoms with Gasteiger partial charge in [-0.15, -0.1) is 0 Å². The van der Waals surface area contributed by atoms with E-state index in [1.54, 1.807) is 0 Å².